The molecule has 2 nitrogen and oxygen atoms in total. The molecule has 20 heavy (non-hydrogen) atoms. The van der Waals surface area contributed by atoms with Gasteiger partial charge < -0.3 is 4.90 Å². The van der Waals surface area contributed by atoms with Gasteiger partial charge >= 0.3 is 0 Å². The van der Waals surface area contributed by atoms with Gasteiger partial charge in [0.15, 0.2) is 0 Å². The van der Waals surface area contributed by atoms with E-state index in [1.54, 1.807) is 0 Å². The van der Waals surface area contributed by atoms with Crippen LogP contribution in [0.25, 0.3) is 0 Å². The number of hydrogen-bond acceptors (Lipinski definition) is 2. The Bertz CT molecular complexity index is 413. The Labute approximate surface area is 129 Å². The third-order valence-corrected chi connectivity index (χ3v) is 7.04. The van der Waals surface area contributed by atoms with Crippen molar-refractivity contribution >= 4 is 29.7 Å². The van der Waals surface area contributed by atoms with Crippen molar-refractivity contribution in [3.05, 3.63) is 24.3 Å². The average Bonchev–Trinajstić information content (AvgIpc) is 2.78. The number of nitrogens with zero attached hydrogens (tertiary/aromatic N) is 2. The van der Waals surface area contributed by atoms with Gasteiger partial charge in [-0.05, 0) is 52.3 Å². The molecule has 1 aromatic carbocycles. The van der Waals surface area contributed by atoms with Crippen LogP contribution in [0.15, 0.2) is 24.3 Å². The SMILES string of the molecule is CCCN(C)P(Cl)c1ccc(N2[C@H](C)CC[C@@H]2C)cc1. The molecule has 0 spiro atoms. The van der Waals surface area contributed by atoms with Gasteiger partial charge in [0.25, 0.3) is 0 Å². The Hall–Kier alpha value is -0.300. The van der Waals surface area contributed by atoms with Gasteiger partial charge in [-0.3, -0.25) is 4.67 Å². The predicted molar refractivity (Wildman–Crippen MR) is 92.4 cm³/mol. The lowest BCUT2D eigenvalue weighted by atomic mass is 10.2. The molecule has 1 fully saturated rings. The van der Waals surface area contributed by atoms with Gasteiger partial charge in [0.2, 0.25) is 0 Å². The summed E-state index contributed by atoms with van der Waals surface area (Å²) >= 11 is 6.58. The first kappa shape index (κ1) is 16.1. The zero-order valence-corrected chi connectivity index (χ0v) is 14.7. The fraction of sp³-hybridized carbons (Fsp3) is 0.625. The molecule has 1 saturated heterocycles. The second kappa shape index (κ2) is 7.11. The highest BCUT2D eigenvalue weighted by molar-refractivity contribution is 7.88. The van der Waals surface area contributed by atoms with E-state index in [4.69, 9.17) is 11.2 Å². The summed E-state index contributed by atoms with van der Waals surface area (Å²) in [6, 6.07) is 10.2. The second-order valence-corrected chi connectivity index (χ2v) is 8.52. The van der Waals surface area contributed by atoms with Crippen LogP contribution in [-0.4, -0.2) is 30.3 Å². The molecule has 0 N–H and O–H groups in total. The molecule has 3 atom stereocenters. The summed E-state index contributed by atoms with van der Waals surface area (Å²) < 4.78 is 2.26. The van der Waals surface area contributed by atoms with E-state index >= 15 is 0 Å². The lowest BCUT2D eigenvalue weighted by molar-refractivity contribution is 0.551. The van der Waals surface area contributed by atoms with Crippen molar-refractivity contribution in [1.29, 1.82) is 0 Å². The van der Waals surface area contributed by atoms with Crippen LogP contribution in [0.3, 0.4) is 0 Å². The fourth-order valence-electron chi connectivity index (χ4n) is 3.06. The molecular weight excluding hydrogens is 287 g/mol. The third kappa shape index (κ3) is 3.47. The quantitative estimate of drug-likeness (QED) is 0.734. The van der Waals surface area contributed by atoms with Crippen LogP contribution in [0.2, 0.25) is 0 Å². The minimum atomic E-state index is -0.702. The molecule has 1 heterocycles. The zero-order valence-electron chi connectivity index (χ0n) is 13.0. The molecule has 0 saturated carbocycles. The highest BCUT2D eigenvalue weighted by Gasteiger charge is 2.27. The summed E-state index contributed by atoms with van der Waals surface area (Å²) in [5.74, 6) is 0. The van der Waals surface area contributed by atoms with E-state index in [2.05, 4.69) is 61.7 Å². The normalized spacial score (nSPS) is 24.4. The molecule has 1 aliphatic rings. The summed E-state index contributed by atoms with van der Waals surface area (Å²) in [5.41, 5.74) is 1.34. The number of hydrogen-bond donors (Lipinski definition) is 0. The number of benzene rings is 1. The second-order valence-electron chi connectivity index (χ2n) is 5.84. The molecule has 0 bridgehead atoms. The van der Waals surface area contributed by atoms with Crippen LogP contribution in [-0.2, 0) is 0 Å². The summed E-state index contributed by atoms with van der Waals surface area (Å²) in [4.78, 5) is 2.54. The molecule has 112 valence electrons. The van der Waals surface area contributed by atoms with Gasteiger partial charge in [0.05, 0.1) is 7.43 Å². The van der Waals surface area contributed by atoms with Gasteiger partial charge in [-0.15, -0.1) is 0 Å². The molecular formula is C16H26ClN2P. The number of rotatable bonds is 5. The topological polar surface area (TPSA) is 6.48 Å². The van der Waals surface area contributed by atoms with Crippen LogP contribution in [0.4, 0.5) is 5.69 Å². The smallest absolute Gasteiger partial charge is 0.0943 e. The molecule has 0 amide bonds. The Morgan fingerprint density at radius 2 is 1.75 bits per heavy atom. The monoisotopic (exact) mass is 312 g/mol. The largest absolute Gasteiger partial charge is 0.366 e. The van der Waals surface area contributed by atoms with Crippen molar-refractivity contribution in [2.24, 2.45) is 0 Å². The Kier molecular flexibility index (Phi) is 5.72. The van der Waals surface area contributed by atoms with Crippen LogP contribution in [0.5, 0.6) is 0 Å². The maximum Gasteiger partial charge on any atom is 0.0943 e. The van der Waals surface area contributed by atoms with E-state index in [0.29, 0.717) is 12.1 Å². The standard InChI is InChI=1S/C16H26ClN2P/c1-5-12-18(4)20(17)16-10-8-15(9-11-16)19-13(2)6-7-14(19)3/h8-11,13-14H,5-7,12H2,1-4H3/t13-,14+,20?. The van der Waals surface area contributed by atoms with Crippen molar-refractivity contribution in [2.75, 3.05) is 18.5 Å². The maximum absolute atomic E-state index is 6.58. The van der Waals surface area contributed by atoms with E-state index in [0.717, 1.165) is 13.0 Å². The van der Waals surface area contributed by atoms with E-state index in [-0.39, 0.29) is 0 Å². The molecule has 0 radical (unpaired) electrons. The van der Waals surface area contributed by atoms with Gasteiger partial charge in [0.1, 0.15) is 0 Å². The van der Waals surface area contributed by atoms with Crippen molar-refractivity contribution in [3.8, 4) is 0 Å². The fourth-order valence-corrected chi connectivity index (χ4v) is 4.79. The first-order valence-electron chi connectivity index (χ1n) is 7.60. The Morgan fingerprint density at radius 3 is 2.25 bits per heavy atom. The minimum Gasteiger partial charge on any atom is -0.366 e. The molecule has 0 aromatic heterocycles. The van der Waals surface area contributed by atoms with Crippen molar-refractivity contribution in [1.82, 2.24) is 4.67 Å². The summed E-state index contributed by atoms with van der Waals surface area (Å²) in [6.07, 6.45) is 3.73. The van der Waals surface area contributed by atoms with E-state index in [9.17, 15) is 0 Å². The first-order chi connectivity index (χ1) is 9.54. The maximum atomic E-state index is 6.58. The number of halogens is 1. The van der Waals surface area contributed by atoms with E-state index < -0.39 is 7.43 Å². The van der Waals surface area contributed by atoms with Gasteiger partial charge in [-0.1, -0.05) is 30.3 Å². The average molecular weight is 313 g/mol. The van der Waals surface area contributed by atoms with Gasteiger partial charge in [-0.2, -0.15) is 0 Å². The van der Waals surface area contributed by atoms with Crippen LogP contribution >= 0.6 is 18.7 Å². The summed E-state index contributed by atoms with van der Waals surface area (Å²) in [5, 5.41) is 1.25. The highest BCUT2D eigenvalue weighted by Crippen LogP contribution is 2.43. The zero-order chi connectivity index (χ0) is 14.7. The first-order valence-corrected chi connectivity index (χ1v) is 9.80. The van der Waals surface area contributed by atoms with E-state index in [1.165, 1.54) is 23.8 Å². The molecule has 2 rings (SSSR count). The van der Waals surface area contributed by atoms with Crippen LogP contribution in [0.1, 0.15) is 40.0 Å². The Morgan fingerprint density at radius 1 is 1.20 bits per heavy atom. The van der Waals surface area contributed by atoms with Crippen LogP contribution < -0.4 is 10.2 Å². The van der Waals surface area contributed by atoms with E-state index in [1.807, 2.05) is 0 Å². The summed E-state index contributed by atoms with van der Waals surface area (Å²) in [6.45, 7) is 7.88. The van der Waals surface area contributed by atoms with Crippen molar-refractivity contribution < 1.29 is 0 Å². The molecule has 1 aliphatic heterocycles. The molecule has 1 unspecified atom stereocenters. The summed E-state index contributed by atoms with van der Waals surface area (Å²) in [7, 11) is 1.41. The predicted octanol–water partition coefficient (Wildman–Crippen LogP) is 4.58. The van der Waals surface area contributed by atoms with Crippen LogP contribution in [0, 0.1) is 0 Å². The van der Waals surface area contributed by atoms with Crippen molar-refractivity contribution in [3.63, 3.8) is 0 Å². The number of anilines is 1. The van der Waals surface area contributed by atoms with Crippen molar-refractivity contribution in [2.45, 2.75) is 52.1 Å². The molecule has 4 heteroatoms. The van der Waals surface area contributed by atoms with Gasteiger partial charge in [-0.25, -0.2) is 0 Å². The lowest BCUT2D eigenvalue weighted by Crippen LogP contribution is -2.32. The van der Waals surface area contributed by atoms with Gasteiger partial charge in [0, 0.05) is 29.6 Å². The molecule has 1 aromatic rings. The Balaban J connectivity index is 2.10. The highest BCUT2D eigenvalue weighted by atomic mass is 35.7. The minimum absolute atomic E-state index is 0.649. The lowest BCUT2D eigenvalue weighted by Gasteiger charge is -2.29. The third-order valence-electron chi connectivity index (χ3n) is 4.16. The molecule has 0 aliphatic carbocycles.